The van der Waals surface area contributed by atoms with E-state index in [1.807, 2.05) is 25.2 Å². The molecule has 2 aromatic carbocycles. The van der Waals surface area contributed by atoms with Crippen LogP contribution in [0.15, 0.2) is 47.5 Å². The first kappa shape index (κ1) is 26.3. The van der Waals surface area contributed by atoms with Gasteiger partial charge < -0.3 is 24.8 Å². The Morgan fingerprint density at radius 1 is 1.03 bits per heavy atom. The number of nitrogens with one attached hydrogen (secondary N) is 2. The molecule has 0 amide bonds. The minimum atomic E-state index is 0. The zero-order valence-electron chi connectivity index (χ0n) is 19.6. The number of hydrogen-bond acceptors (Lipinski definition) is 4. The molecule has 176 valence electrons. The molecule has 0 aromatic heterocycles. The molecule has 2 N–H and O–H groups in total. The summed E-state index contributed by atoms with van der Waals surface area (Å²) < 4.78 is 16.5. The SMILES string of the molecule is CN=C(NCCc1cc(C)ccc1OC)NCC1(c2ccc(OC)cc2)CCOCC1.I. The molecular formula is C25H36IN3O3. The predicted molar refractivity (Wildman–Crippen MR) is 141 cm³/mol. The Morgan fingerprint density at radius 2 is 1.75 bits per heavy atom. The standard InChI is InChI=1S/C25H35N3O3.HI/c1-19-5-10-23(30-4)20(17-19)11-14-27-24(26-2)28-18-25(12-15-31-16-13-25)21-6-8-22(29-3)9-7-21;/h5-10,17H,11-16,18H2,1-4H3,(H2,26,27,28);1H. The van der Waals surface area contributed by atoms with Crippen LogP contribution in [-0.2, 0) is 16.6 Å². The summed E-state index contributed by atoms with van der Waals surface area (Å²) in [5, 5.41) is 7.00. The average Bonchev–Trinajstić information content (AvgIpc) is 2.82. The average molecular weight is 553 g/mol. The molecule has 0 spiro atoms. The lowest BCUT2D eigenvalue weighted by atomic mass is 9.74. The topological polar surface area (TPSA) is 64.1 Å². The number of rotatable bonds is 8. The maximum Gasteiger partial charge on any atom is 0.191 e. The molecule has 0 aliphatic carbocycles. The van der Waals surface area contributed by atoms with Crippen LogP contribution in [-0.4, -0.2) is 53.5 Å². The lowest BCUT2D eigenvalue weighted by Gasteiger charge is -2.38. The van der Waals surface area contributed by atoms with Crippen LogP contribution in [0.1, 0.15) is 29.5 Å². The summed E-state index contributed by atoms with van der Waals surface area (Å²) in [6.45, 7) is 5.22. The molecule has 0 atom stereocenters. The lowest BCUT2D eigenvalue weighted by Crippen LogP contribution is -2.48. The van der Waals surface area contributed by atoms with Crippen molar-refractivity contribution in [3.63, 3.8) is 0 Å². The Bertz CT molecular complexity index is 865. The highest BCUT2D eigenvalue weighted by atomic mass is 127. The molecule has 32 heavy (non-hydrogen) atoms. The normalized spacial score (nSPS) is 15.4. The fourth-order valence-corrected chi connectivity index (χ4v) is 4.17. The van der Waals surface area contributed by atoms with Gasteiger partial charge in [0.05, 0.1) is 14.2 Å². The number of hydrogen-bond donors (Lipinski definition) is 2. The van der Waals surface area contributed by atoms with Gasteiger partial charge in [-0.25, -0.2) is 0 Å². The van der Waals surface area contributed by atoms with Gasteiger partial charge in [0.1, 0.15) is 11.5 Å². The van der Waals surface area contributed by atoms with E-state index in [1.54, 1.807) is 14.2 Å². The van der Waals surface area contributed by atoms with E-state index in [0.717, 1.165) is 63.0 Å². The van der Waals surface area contributed by atoms with E-state index in [2.05, 4.69) is 46.8 Å². The summed E-state index contributed by atoms with van der Waals surface area (Å²) in [7, 11) is 5.23. The number of aliphatic imine (C=N–C) groups is 1. The molecule has 6 nitrogen and oxygen atoms in total. The van der Waals surface area contributed by atoms with Crippen LogP contribution in [0.25, 0.3) is 0 Å². The number of benzene rings is 2. The quantitative estimate of drug-likeness (QED) is 0.293. The molecule has 3 rings (SSSR count). The van der Waals surface area contributed by atoms with E-state index in [1.165, 1.54) is 16.7 Å². The van der Waals surface area contributed by atoms with Crippen LogP contribution in [0.3, 0.4) is 0 Å². The number of ether oxygens (including phenoxy) is 3. The number of aryl methyl sites for hydroxylation is 1. The van der Waals surface area contributed by atoms with Gasteiger partial charge in [-0.15, -0.1) is 24.0 Å². The van der Waals surface area contributed by atoms with Crippen molar-refractivity contribution in [2.75, 3.05) is 47.6 Å². The van der Waals surface area contributed by atoms with Gasteiger partial charge in [0, 0.05) is 38.8 Å². The van der Waals surface area contributed by atoms with Gasteiger partial charge in [0.25, 0.3) is 0 Å². The van der Waals surface area contributed by atoms with Gasteiger partial charge in [-0.3, -0.25) is 4.99 Å². The summed E-state index contributed by atoms with van der Waals surface area (Å²) >= 11 is 0. The Hall–Kier alpha value is -2.00. The first-order valence-corrected chi connectivity index (χ1v) is 10.9. The van der Waals surface area contributed by atoms with Crippen LogP contribution in [0.2, 0.25) is 0 Å². The molecule has 0 radical (unpaired) electrons. The van der Waals surface area contributed by atoms with Crippen molar-refractivity contribution in [1.82, 2.24) is 10.6 Å². The molecule has 1 aliphatic rings. The highest BCUT2D eigenvalue weighted by Gasteiger charge is 2.34. The minimum Gasteiger partial charge on any atom is -0.497 e. The van der Waals surface area contributed by atoms with Crippen LogP contribution >= 0.6 is 24.0 Å². The molecule has 0 bridgehead atoms. The number of guanidine groups is 1. The van der Waals surface area contributed by atoms with Crippen LogP contribution in [0.5, 0.6) is 11.5 Å². The van der Waals surface area contributed by atoms with E-state index in [0.29, 0.717) is 0 Å². The highest BCUT2D eigenvalue weighted by Crippen LogP contribution is 2.35. The summed E-state index contributed by atoms with van der Waals surface area (Å²) in [5.74, 6) is 2.62. The molecule has 1 fully saturated rings. The maximum atomic E-state index is 5.66. The molecule has 0 saturated carbocycles. The molecule has 2 aromatic rings. The summed E-state index contributed by atoms with van der Waals surface area (Å²) in [6, 6.07) is 14.7. The largest absolute Gasteiger partial charge is 0.497 e. The van der Waals surface area contributed by atoms with Crippen LogP contribution < -0.4 is 20.1 Å². The molecular weight excluding hydrogens is 517 g/mol. The molecule has 7 heteroatoms. The fraction of sp³-hybridized carbons (Fsp3) is 0.480. The summed E-state index contributed by atoms with van der Waals surface area (Å²) in [5.41, 5.74) is 3.76. The third-order valence-electron chi connectivity index (χ3n) is 6.09. The van der Waals surface area contributed by atoms with Crippen molar-refractivity contribution in [2.24, 2.45) is 4.99 Å². The second-order valence-electron chi connectivity index (χ2n) is 8.04. The van der Waals surface area contributed by atoms with Crippen molar-refractivity contribution in [3.8, 4) is 11.5 Å². The first-order valence-electron chi connectivity index (χ1n) is 10.9. The third-order valence-corrected chi connectivity index (χ3v) is 6.09. The molecule has 0 unspecified atom stereocenters. The van der Waals surface area contributed by atoms with Crippen molar-refractivity contribution < 1.29 is 14.2 Å². The van der Waals surface area contributed by atoms with Crippen LogP contribution in [0.4, 0.5) is 0 Å². The Kier molecular flexibility index (Phi) is 10.6. The third kappa shape index (κ3) is 6.75. The number of nitrogens with zero attached hydrogens (tertiary/aromatic N) is 1. The van der Waals surface area contributed by atoms with E-state index in [9.17, 15) is 0 Å². The van der Waals surface area contributed by atoms with Crippen molar-refractivity contribution in [3.05, 3.63) is 59.2 Å². The Labute approximate surface area is 209 Å². The minimum absolute atomic E-state index is 0. The molecule has 1 heterocycles. The van der Waals surface area contributed by atoms with Crippen molar-refractivity contribution >= 4 is 29.9 Å². The Balaban J connectivity index is 0.00000363. The van der Waals surface area contributed by atoms with Crippen LogP contribution in [0, 0.1) is 6.92 Å². The van der Waals surface area contributed by atoms with E-state index >= 15 is 0 Å². The summed E-state index contributed by atoms with van der Waals surface area (Å²) in [4.78, 5) is 4.43. The fourth-order valence-electron chi connectivity index (χ4n) is 4.17. The predicted octanol–water partition coefficient (Wildman–Crippen LogP) is 4.09. The Morgan fingerprint density at radius 3 is 2.38 bits per heavy atom. The monoisotopic (exact) mass is 553 g/mol. The maximum absolute atomic E-state index is 5.66. The van der Waals surface area contributed by atoms with Crippen molar-refractivity contribution in [1.29, 1.82) is 0 Å². The van der Waals surface area contributed by atoms with Gasteiger partial charge in [0.2, 0.25) is 0 Å². The molecule has 1 aliphatic heterocycles. The van der Waals surface area contributed by atoms with E-state index in [-0.39, 0.29) is 29.4 Å². The summed E-state index contributed by atoms with van der Waals surface area (Å²) in [6.07, 6.45) is 2.82. The lowest BCUT2D eigenvalue weighted by molar-refractivity contribution is 0.0513. The van der Waals surface area contributed by atoms with Crippen molar-refractivity contribution in [2.45, 2.75) is 31.6 Å². The van der Waals surface area contributed by atoms with Gasteiger partial charge in [-0.05, 0) is 55.5 Å². The van der Waals surface area contributed by atoms with Gasteiger partial charge in [0.15, 0.2) is 5.96 Å². The number of methoxy groups -OCH3 is 2. The van der Waals surface area contributed by atoms with E-state index in [4.69, 9.17) is 14.2 Å². The van der Waals surface area contributed by atoms with Gasteiger partial charge in [-0.2, -0.15) is 0 Å². The molecule has 1 saturated heterocycles. The zero-order chi connectivity index (χ0) is 22.1. The number of halogens is 1. The second kappa shape index (κ2) is 12.9. The second-order valence-corrected chi connectivity index (χ2v) is 8.04. The van der Waals surface area contributed by atoms with E-state index < -0.39 is 0 Å². The van der Waals surface area contributed by atoms with Gasteiger partial charge >= 0.3 is 0 Å². The highest BCUT2D eigenvalue weighted by molar-refractivity contribution is 14.0. The first-order chi connectivity index (χ1) is 15.1. The van der Waals surface area contributed by atoms with Gasteiger partial charge in [-0.1, -0.05) is 29.8 Å². The zero-order valence-corrected chi connectivity index (χ0v) is 21.9. The smallest absolute Gasteiger partial charge is 0.191 e.